The highest BCUT2D eigenvalue weighted by atomic mass is 16.6. The number of hydrazone groups is 1. The van der Waals surface area contributed by atoms with Crippen molar-refractivity contribution in [1.29, 1.82) is 0 Å². The molecular formula is C28H32N6O9. The summed E-state index contributed by atoms with van der Waals surface area (Å²) in [5.74, 6) is -0.730. The number of nitro benzene ring substituents is 1. The lowest BCUT2D eigenvalue weighted by Crippen LogP contribution is -2.45. The predicted molar refractivity (Wildman–Crippen MR) is 154 cm³/mol. The number of hydrogen-bond acceptors (Lipinski definition) is 11. The monoisotopic (exact) mass is 596 g/mol. The second-order valence-electron chi connectivity index (χ2n) is 9.38. The number of carbonyl (C=O) groups is 3. The fraction of sp³-hybridized carbons (Fsp3) is 0.357. The fourth-order valence-corrected chi connectivity index (χ4v) is 4.59. The molecule has 1 saturated heterocycles. The van der Waals surface area contributed by atoms with Crippen molar-refractivity contribution < 1.29 is 38.3 Å². The summed E-state index contributed by atoms with van der Waals surface area (Å²) in [4.78, 5) is 50.2. The zero-order valence-corrected chi connectivity index (χ0v) is 23.9. The molecule has 43 heavy (non-hydrogen) atoms. The molecule has 2 heterocycles. The van der Waals surface area contributed by atoms with Gasteiger partial charge in [0, 0.05) is 30.5 Å². The molecule has 0 spiro atoms. The van der Waals surface area contributed by atoms with E-state index in [9.17, 15) is 24.5 Å². The van der Waals surface area contributed by atoms with Crippen LogP contribution in [-0.4, -0.2) is 75.7 Å². The summed E-state index contributed by atoms with van der Waals surface area (Å²) >= 11 is 0. The van der Waals surface area contributed by atoms with Gasteiger partial charge in [0.15, 0.2) is 18.1 Å². The van der Waals surface area contributed by atoms with Gasteiger partial charge >= 0.3 is 12.0 Å². The standard InChI is InChI=1S/C28H32N6O9/c1-4-42-27(36)25-17(2)30-28(37)31-26(25)18-5-8-22(23(14-18)40-3)43-16-24(35)32-29-15-19-13-20(6-7-21(19)34(38)39)33-9-11-41-12-10-33/h5-8,13-15,26H,4,9-12,16H2,1-3H3,(H,32,35)(H2,30,31,37)/b29-15-/t26-/m1/s1. The number of nitrogens with one attached hydrogen (secondary N) is 3. The lowest BCUT2D eigenvalue weighted by atomic mass is 9.95. The van der Waals surface area contributed by atoms with Crippen LogP contribution in [-0.2, 0) is 19.1 Å². The van der Waals surface area contributed by atoms with Crippen LogP contribution in [0.15, 0.2) is 52.8 Å². The molecule has 15 heteroatoms. The molecule has 2 aromatic rings. The number of allylic oxidation sites excluding steroid dienone is 1. The second-order valence-corrected chi connectivity index (χ2v) is 9.38. The summed E-state index contributed by atoms with van der Waals surface area (Å²) in [5, 5.41) is 20.7. The van der Waals surface area contributed by atoms with Crippen LogP contribution in [0, 0.1) is 10.1 Å². The van der Waals surface area contributed by atoms with Gasteiger partial charge in [0.05, 0.1) is 55.2 Å². The van der Waals surface area contributed by atoms with E-state index in [1.807, 2.05) is 4.90 Å². The topological polar surface area (TPSA) is 183 Å². The highest BCUT2D eigenvalue weighted by molar-refractivity contribution is 5.95. The fourth-order valence-electron chi connectivity index (χ4n) is 4.59. The number of hydrogen-bond donors (Lipinski definition) is 3. The number of amides is 3. The zero-order valence-electron chi connectivity index (χ0n) is 23.9. The molecule has 0 saturated carbocycles. The molecule has 0 unspecified atom stereocenters. The van der Waals surface area contributed by atoms with Crippen LogP contribution in [0.1, 0.15) is 31.0 Å². The Kier molecular flexibility index (Phi) is 10.1. The third-order valence-electron chi connectivity index (χ3n) is 6.62. The maximum absolute atomic E-state index is 12.6. The van der Waals surface area contributed by atoms with Gasteiger partial charge in [0.2, 0.25) is 0 Å². The molecule has 4 rings (SSSR count). The van der Waals surface area contributed by atoms with Gasteiger partial charge in [0.1, 0.15) is 0 Å². The number of benzene rings is 2. The Labute approximate surface area is 246 Å². The lowest BCUT2D eigenvalue weighted by molar-refractivity contribution is -0.385. The van der Waals surface area contributed by atoms with E-state index in [4.69, 9.17) is 18.9 Å². The van der Waals surface area contributed by atoms with Gasteiger partial charge in [-0.05, 0) is 43.7 Å². The van der Waals surface area contributed by atoms with Crippen molar-refractivity contribution in [1.82, 2.24) is 16.1 Å². The number of nitrogens with zero attached hydrogens (tertiary/aromatic N) is 3. The van der Waals surface area contributed by atoms with E-state index in [2.05, 4.69) is 21.2 Å². The van der Waals surface area contributed by atoms with E-state index in [1.165, 1.54) is 25.5 Å². The Morgan fingerprint density at radius 2 is 1.98 bits per heavy atom. The molecule has 0 radical (unpaired) electrons. The van der Waals surface area contributed by atoms with Gasteiger partial charge in [-0.3, -0.25) is 14.9 Å². The molecule has 0 aromatic heterocycles. The maximum atomic E-state index is 12.6. The SMILES string of the molecule is CCOC(=O)C1=C(C)NC(=O)N[C@@H]1c1ccc(OCC(=O)N/N=C\c2cc(N3CCOCC3)ccc2[N+](=O)[O-])c(OC)c1. The number of urea groups is 1. The maximum Gasteiger partial charge on any atom is 0.338 e. The van der Waals surface area contributed by atoms with E-state index >= 15 is 0 Å². The molecule has 1 atom stereocenters. The van der Waals surface area contributed by atoms with Crippen LogP contribution < -0.4 is 30.4 Å². The molecule has 15 nitrogen and oxygen atoms in total. The van der Waals surface area contributed by atoms with Crippen molar-refractivity contribution in [2.45, 2.75) is 19.9 Å². The van der Waals surface area contributed by atoms with Crippen LogP contribution >= 0.6 is 0 Å². The van der Waals surface area contributed by atoms with Crippen LogP contribution in [0.2, 0.25) is 0 Å². The molecule has 1 fully saturated rings. The Balaban J connectivity index is 1.42. The van der Waals surface area contributed by atoms with E-state index in [1.54, 1.807) is 38.1 Å². The number of anilines is 1. The molecule has 228 valence electrons. The largest absolute Gasteiger partial charge is 0.493 e. The van der Waals surface area contributed by atoms with Gasteiger partial charge < -0.3 is 34.5 Å². The summed E-state index contributed by atoms with van der Waals surface area (Å²) in [6.45, 7) is 5.43. The van der Waals surface area contributed by atoms with E-state index in [-0.39, 0.29) is 34.9 Å². The molecular weight excluding hydrogens is 564 g/mol. The number of carbonyl (C=O) groups excluding carboxylic acids is 3. The van der Waals surface area contributed by atoms with Crippen molar-refractivity contribution in [3.05, 3.63) is 68.9 Å². The van der Waals surface area contributed by atoms with Gasteiger partial charge in [-0.2, -0.15) is 5.10 Å². The predicted octanol–water partition coefficient (Wildman–Crippen LogP) is 2.16. The van der Waals surface area contributed by atoms with E-state index in [0.29, 0.717) is 37.6 Å². The highest BCUT2D eigenvalue weighted by Crippen LogP contribution is 2.34. The molecule has 2 aromatic carbocycles. The smallest absolute Gasteiger partial charge is 0.338 e. The molecule has 2 aliphatic rings. The summed E-state index contributed by atoms with van der Waals surface area (Å²) in [5.41, 5.74) is 4.28. The van der Waals surface area contributed by atoms with Crippen LogP contribution in [0.4, 0.5) is 16.2 Å². The first-order valence-corrected chi connectivity index (χ1v) is 13.4. The summed E-state index contributed by atoms with van der Waals surface area (Å²) in [7, 11) is 1.41. The minimum atomic E-state index is -0.806. The number of methoxy groups -OCH3 is 1. The molecule has 2 aliphatic heterocycles. The number of morpholine rings is 1. The number of nitro groups is 1. The van der Waals surface area contributed by atoms with Gasteiger partial charge in [0.25, 0.3) is 11.6 Å². The second kappa shape index (κ2) is 14.1. The third kappa shape index (κ3) is 7.56. The average Bonchev–Trinajstić information content (AvgIpc) is 2.99. The van der Waals surface area contributed by atoms with Crippen LogP contribution in [0.3, 0.4) is 0 Å². The van der Waals surface area contributed by atoms with Crippen LogP contribution in [0.25, 0.3) is 0 Å². The van der Waals surface area contributed by atoms with Crippen molar-refractivity contribution in [2.24, 2.45) is 5.10 Å². The minimum absolute atomic E-state index is 0.155. The normalized spacial score (nSPS) is 16.8. The quantitative estimate of drug-likeness (QED) is 0.150. The van der Waals surface area contributed by atoms with Crippen molar-refractivity contribution >= 4 is 35.5 Å². The average molecular weight is 597 g/mol. The minimum Gasteiger partial charge on any atom is -0.493 e. The first-order valence-electron chi connectivity index (χ1n) is 13.4. The lowest BCUT2D eigenvalue weighted by Gasteiger charge is -2.28. The first kappa shape index (κ1) is 30.8. The molecule has 0 aliphatic carbocycles. The number of esters is 1. The Bertz CT molecular complexity index is 1450. The highest BCUT2D eigenvalue weighted by Gasteiger charge is 2.32. The first-order chi connectivity index (χ1) is 20.7. The molecule has 3 amide bonds. The Morgan fingerprint density at radius 1 is 1.21 bits per heavy atom. The summed E-state index contributed by atoms with van der Waals surface area (Å²) in [6, 6.07) is 8.15. The van der Waals surface area contributed by atoms with Crippen LogP contribution in [0.5, 0.6) is 11.5 Å². The zero-order chi connectivity index (χ0) is 30.9. The van der Waals surface area contributed by atoms with Crippen molar-refractivity contribution in [3.63, 3.8) is 0 Å². The van der Waals surface area contributed by atoms with Gasteiger partial charge in [-0.15, -0.1) is 0 Å². The Morgan fingerprint density at radius 3 is 2.67 bits per heavy atom. The number of rotatable bonds is 11. The third-order valence-corrected chi connectivity index (χ3v) is 6.62. The molecule has 3 N–H and O–H groups in total. The van der Waals surface area contributed by atoms with E-state index in [0.717, 1.165) is 5.69 Å². The van der Waals surface area contributed by atoms with Crippen molar-refractivity contribution in [3.8, 4) is 11.5 Å². The number of ether oxygens (including phenoxy) is 4. The summed E-state index contributed by atoms with van der Waals surface area (Å²) in [6.07, 6.45) is 1.21. The van der Waals surface area contributed by atoms with Gasteiger partial charge in [-0.25, -0.2) is 15.0 Å². The molecule has 0 bridgehead atoms. The van der Waals surface area contributed by atoms with Gasteiger partial charge in [-0.1, -0.05) is 6.07 Å². The van der Waals surface area contributed by atoms with Crippen molar-refractivity contribution in [2.75, 3.05) is 51.5 Å². The summed E-state index contributed by atoms with van der Waals surface area (Å²) < 4.78 is 21.5. The van der Waals surface area contributed by atoms with E-state index < -0.39 is 35.5 Å². The Hall–Kier alpha value is -5.18.